The molecule has 0 bridgehead atoms. The molecule has 3 rings (SSSR count). The number of nitrogen functional groups attached to an aromatic ring is 1. The molecule has 0 radical (unpaired) electrons. The van der Waals surface area contributed by atoms with Gasteiger partial charge < -0.3 is 21.8 Å². The molecule has 7 nitrogen and oxygen atoms in total. The number of anilines is 2. The Bertz CT molecular complexity index is 934. The molecule has 3 heterocycles. The van der Waals surface area contributed by atoms with Crippen molar-refractivity contribution < 1.29 is 0 Å². The SMILES string of the molecule is CN/C=C(\C=N)c1ccc(N)c(NCc2ccc3ncccc3n2)n1. The molecule has 25 heavy (non-hydrogen) atoms. The Balaban J connectivity index is 1.82. The smallest absolute Gasteiger partial charge is 0.150 e. The van der Waals surface area contributed by atoms with E-state index in [2.05, 4.69) is 25.6 Å². The van der Waals surface area contributed by atoms with Gasteiger partial charge in [0.1, 0.15) is 5.82 Å². The summed E-state index contributed by atoms with van der Waals surface area (Å²) in [7, 11) is 1.78. The van der Waals surface area contributed by atoms with E-state index in [1.54, 1.807) is 31.6 Å². The zero-order valence-corrected chi connectivity index (χ0v) is 13.8. The van der Waals surface area contributed by atoms with Crippen LogP contribution in [-0.4, -0.2) is 28.2 Å². The van der Waals surface area contributed by atoms with Crippen molar-refractivity contribution in [3.8, 4) is 0 Å². The lowest BCUT2D eigenvalue weighted by Crippen LogP contribution is -2.08. The summed E-state index contributed by atoms with van der Waals surface area (Å²) in [5.41, 5.74) is 10.5. The largest absolute Gasteiger partial charge is 0.396 e. The lowest BCUT2D eigenvalue weighted by Gasteiger charge is -2.11. The van der Waals surface area contributed by atoms with Crippen LogP contribution in [0.1, 0.15) is 11.4 Å². The fourth-order valence-electron chi connectivity index (χ4n) is 2.39. The highest BCUT2D eigenvalue weighted by Crippen LogP contribution is 2.20. The summed E-state index contributed by atoms with van der Waals surface area (Å²) >= 11 is 0. The monoisotopic (exact) mass is 333 g/mol. The van der Waals surface area contributed by atoms with Gasteiger partial charge in [0.25, 0.3) is 0 Å². The van der Waals surface area contributed by atoms with E-state index in [1.807, 2.05) is 24.3 Å². The Labute approximate surface area is 145 Å². The van der Waals surface area contributed by atoms with Crippen molar-refractivity contribution in [3.63, 3.8) is 0 Å². The highest BCUT2D eigenvalue weighted by atomic mass is 15.0. The zero-order chi connectivity index (χ0) is 17.6. The highest BCUT2D eigenvalue weighted by Gasteiger charge is 2.07. The Morgan fingerprint density at radius 2 is 2.04 bits per heavy atom. The molecule has 0 aromatic carbocycles. The van der Waals surface area contributed by atoms with E-state index in [0.717, 1.165) is 16.7 Å². The molecule has 0 spiro atoms. The van der Waals surface area contributed by atoms with Gasteiger partial charge in [-0.15, -0.1) is 0 Å². The molecule has 0 amide bonds. The van der Waals surface area contributed by atoms with Gasteiger partial charge in [0.05, 0.1) is 34.7 Å². The van der Waals surface area contributed by atoms with Gasteiger partial charge in [-0.3, -0.25) is 4.98 Å². The summed E-state index contributed by atoms with van der Waals surface area (Å²) in [4.78, 5) is 13.3. The fraction of sp³-hybridized carbons (Fsp3) is 0.111. The summed E-state index contributed by atoms with van der Waals surface area (Å²) < 4.78 is 0. The average Bonchev–Trinajstić information content (AvgIpc) is 2.65. The quantitative estimate of drug-likeness (QED) is 0.515. The molecule has 0 atom stereocenters. The predicted molar refractivity (Wildman–Crippen MR) is 101 cm³/mol. The molecule has 3 aromatic rings. The number of nitrogens with zero attached hydrogens (tertiary/aromatic N) is 3. The minimum atomic E-state index is 0.487. The van der Waals surface area contributed by atoms with Crippen molar-refractivity contribution in [3.05, 3.63) is 60.2 Å². The average molecular weight is 333 g/mol. The standard InChI is InChI=1S/C18H19N7/c1-21-10-12(9-19)15-7-5-14(20)18(25-15)23-11-13-4-6-16-17(24-13)3-2-8-22-16/h2-10,19,21H,11,20H2,1H3,(H,23,25)/b12-10+,19-9?. The number of fused-ring (bicyclic) bond motifs is 1. The second kappa shape index (κ2) is 7.39. The van der Waals surface area contributed by atoms with Crippen molar-refractivity contribution in [2.75, 3.05) is 18.1 Å². The Morgan fingerprint density at radius 1 is 1.16 bits per heavy atom. The first-order valence-electron chi connectivity index (χ1n) is 7.80. The van der Waals surface area contributed by atoms with Crippen molar-refractivity contribution in [1.29, 1.82) is 5.41 Å². The number of rotatable bonds is 6. The minimum absolute atomic E-state index is 0.487. The molecule has 0 unspecified atom stereocenters. The summed E-state index contributed by atoms with van der Waals surface area (Å²) in [5.74, 6) is 0.564. The van der Waals surface area contributed by atoms with E-state index in [0.29, 0.717) is 29.3 Å². The summed E-state index contributed by atoms with van der Waals surface area (Å²) in [6.07, 6.45) is 4.71. The number of pyridine rings is 3. The minimum Gasteiger partial charge on any atom is -0.396 e. The molecule has 3 aromatic heterocycles. The number of hydrogen-bond donors (Lipinski definition) is 4. The van der Waals surface area contributed by atoms with Crippen LogP contribution in [0.15, 0.2) is 48.8 Å². The number of allylic oxidation sites excluding steroid dienone is 1. The first-order chi connectivity index (χ1) is 12.2. The lowest BCUT2D eigenvalue weighted by molar-refractivity contribution is 1.04. The molecule has 7 heteroatoms. The molecule has 0 aliphatic rings. The van der Waals surface area contributed by atoms with Crippen LogP contribution in [0.25, 0.3) is 16.6 Å². The van der Waals surface area contributed by atoms with E-state index < -0.39 is 0 Å². The van der Waals surface area contributed by atoms with Gasteiger partial charge in [0, 0.05) is 31.2 Å². The van der Waals surface area contributed by atoms with Gasteiger partial charge in [-0.05, 0) is 36.4 Å². The highest BCUT2D eigenvalue weighted by molar-refractivity contribution is 6.07. The van der Waals surface area contributed by atoms with Crippen LogP contribution in [0.2, 0.25) is 0 Å². The molecule has 5 N–H and O–H groups in total. The number of hydrogen-bond acceptors (Lipinski definition) is 7. The molecule has 0 aliphatic heterocycles. The van der Waals surface area contributed by atoms with Crippen LogP contribution in [0, 0.1) is 5.41 Å². The van der Waals surface area contributed by atoms with E-state index in [-0.39, 0.29) is 0 Å². The second-order valence-electron chi connectivity index (χ2n) is 5.36. The van der Waals surface area contributed by atoms with Crippen LogP contribution >= 0.6 is 0 Å². The topological polar surface area (TPSA) is 113 Å². The normalized spacial score (nSPS) is 11.3. The van der Waals surface area contributed by atoms with Crippen LogP contribution in [0.5, 0.6) is 0 Å². The third-order valence-electron chi connectivity index (χ3n) is 3.63. The molecule has 0 saturated heterocycles. The van der Waals surface area contributed by atoms with E-state index in [4.69, 9.17) is 11.1 Å². The van der Waals surface area contributed by atoms with Gasteiger partial charge in [0.2, 0.25) is 0 Å². The maximum Gasteiger partial charge on any atom is 0.150 e. The van der Waals surface area contributed by atoms with Crippen molar-refractivity contribution in [1.82, 2.24) is 20.3 Å². The van der Waals surface area contributed by atoms with Crippen LogP contribution in [0.4, 0.5) is 11.5 Å². The van der Waals surface area contributed by atoms with Gasteiger partial charge in [0.15, 0.2) is 0 Å². The molecular formula is C18H19N7. The zero-order valence-electron chi connectivity index (χ0n) is 13.8. The molecule has 0 saturated carbocycles. The van der Waals surface area contributed by atoms with Gasteiger partial charge in [-0.1, -0.05) is 0 Å². The number of aromatic nitrogens is 3. The molecular weight excluding hydrogens is 314 g/mol. The van der Waals surface area contributed by atoms with Crippen molar-refractivity contribution in [2.45, 2.75) is 6.54 Å². The van der Waals surface area contributed by atoms with Crippen molar-refractivity contribution in [2.24, 2.45) is 0 Å². The fourth-order valence-corrected chi connectivity index (χ4v) is 2.39. The Hall–Kier alpha value is -3.48. The Morgan fingerprint density at radius 3 is 2.84 bits per heavy atom. The van der Waals surface area contributed by atoms with Crippen LogP contribution in [-0.2, 0) is 6.54 Å². The first kappa shape index (κ1) is 16.4. The third-order valence-corrected chi connectivity index (χ3v) is 3.63. The number of nitrogens with one attached hydrogen (secondary N) is 3. The maximum atomic E-state index is 7.50. The van der Waals surface area contributed by atoms with Gasteiger partial charge >= 0.3 is 0 Å². The maximum absolute atomic E-state index is 7.50. The second-order valence-corrected chi connectivity index (χ2v) is 5.36. The van der Waals surface area contributed by atoms with Gasteiger partial charge in [-0.25, -0.2) is 9.97 Å². The first-order valence-corrected chi connectivity index (χ1v) is 7.80. The third kappa shape index (κ3) is 3.72. The van der Waals surface area contributed by atoms with Crippen LogP contribution < -0.4 is 16.4 Å². The van der Waals surface area contributed by atoms with E-state index in [1.165, 1.54) is 6.21 Å². The molecule has 0 fully saturated rings. The van der Waals surface area contributed by atoms with Crippen LogP contribution in [0.3, 0.4) is 0 Å². The lowest BCUT2D eigenvalue weighted by atomic mass is 10.2. The van der Waals surface area contributed by atoms with Crippen molar-refractivity contribution >= 4 is 34.3 Å². The Kier molecular flexibility index (Phi) is 4.84. The number of nitrogens with two attached hydrogens (primary N) is 1. The summed E-state index contributed by atoms with van der Waals surface area (Å²) in [5, 5.41) is 13.6. The summed E-state index contributed by atoms with van der Waals surface area (Å²) in [6, 6.07) is 11.2. The van der Waals surface area contributed by atoms with Gasteiger partial charge in [-0.2, -0.15) is 0 Å². The summed E-state index contributed by atoms with van der Waals surface area (Å²) in [6.45, 7) is 0.487. The van der Waals surface area contributed by atoms with E-state index in [9.17, 15) is 0 Å². The predicted octanol–water partition coefficient (Wildman–Crippen LogP) is 2.43. The molecule has 0 aliphatic carbocycles. The van der Waals surface area contributed by atoms with E-state index >= 15 is 0 Å². The molecule has 126 valence electrons.